The van der Waals surface area contributed by atoms with E-state index in [2.05, 4.69) is 4.72 Å². The average Bonchev–Trinajstić information content (AvgIpc) is 2.39. The number of sulfonamides is 1. The second-order valence-corrected chi connectivity index (χ2v) is 6.12. The summed E-state index contributed by atoms with van der Waals surface area (Å²) in [5, 5.41) is 0. The third-order valence-corrected chi connectivity index (χ3v) is 4.59. The van der Waals surface area contributed by atoms with Gasteiger partial charge in [-0.25, -0.2) is 8.42 Å². The second kappa shape index (κ2) is 5.63. The van der Waals surface area contributed by atoms with Gasteiger partial charge in [0.1, 0.15) is 0 Å². The highest BCUT2D eigenvalue weighted by atomic mass is 35.5. The van der Waals surface area contributed by atoms with Crippen molar-refractivity contribution in [3.63, 3.8) is 0 Å². The summed E-state index contributed by atoms with van der Waals surface area (Å²) in [6, 6.07) is 13.9. The molecule has 0 spiro atoms. The van der Waals surface area contributed by atoms with Crippen molar-refractivity contribution in [3.8, 4) is 0 Å². The van der Waals surface area contributed by atoms with Crippen LogP contribution in [0.2, 0.25) is 0 Å². The van der Waals surface area contributed by atoms with Crippen molar-refractivity contribution < 1.29 is 8.42 Å². The molecule has 0 unspecified atom stereocenters. The first-order chi connectivity index (χ1) is 9.03. The summed E-state index contributed by atoms with van der Waals surface area (Å²) >= 11 is 5.69. The summed E-state index contributed by atoms with van der Waals surface area (Å²) in [6.07, 6.45) is 0. The van der Waals surface area contributed by atoms with Crippen LogP contribution in [0.4, 0.5) is 5.69 Å². The Morgan fingerprint density at radius 2 is 1.68 bits per heavy atom. The van der Waals surface area contributed by atoms with E-state index in [1.807, 2.05) is 6.07 Å². The summed E-state index contributed by atoms with van der Waals surface area (Å²) < 4.78 is 27.0. The monoisotopic (exact) mass is 295 g/mol. The highest BCUT2D eigenvalue weighted by molar-refractivity contribution is 7.92. The maximum Gasteiger partial charge on any atom is 0.262 e. The second-order valence-electron chi connectivity index (χ2n) is 4.20. The van der Waals surface area contributed by atoms with Crippen LogP contribution >= 0.6 is 11.6 Å². The minimum Gasteiger partial charge on any atom is -0.280 e. The van der Waals surface area contributed by atoms with E-state index in [1.54, 1.807) is 49.4 Å². The Bertz CT molecular complexity index is 666. The summed E-state index contributed by atoms with van der Waals surface area (Å²) in [6.45, 7) is 1.77. The fraction of sp³-hybridized carbons (Fsp3) is 0.143. The smallest absolute Gasteiger partial charge is 0.262 e. The van der Waals surface area contributed by atoms with Gasteiger partial charge >= 0.3 is 0 Å². The van der Waals surface area contributed by atoms with Crippen molar-refractivity contribution in [1.29, 1.82) is 0 Å². The number of halogens is 1. The van der Waals surface area contributed by atoms with Gasteiger partial charge in [0.15, 0.2) is 0 Å². The first-order valence-electron chi connectivity index (χ1n) is 5.76. The normalized spacial score (nSPS) is 11.3. The molecule has 0 atom stereocenters. The Morgan fingerprint density at radius 1 is 1.05 bits per heavy atom. The molecule has 5 heteroatoms. The van der Waals surface area contributed by atoms with Crippen LogP contribution < -0.4 is 4.72 Å². The van der Waals surface area contributed by atoms with Crippen molar-refractivity contribution in [2.75, 3.05) is 4.72 Å². The lowest BCUT2D eigenvalue weighted by Crippen LogP contribution is -2.14. The van der Waals surface area contributed by atoms with E-state index in [-0.39, 0.29) is 4.90 Å². The van der Waals surface area contributed by atoms with E-state index in [9.17, 15) is 8.42 Å². The summed E-state index contributed by atoms with van der Waals surface area (Å²) in [4.78, 5) is 0.288. The molecule has 0 aliphatic rings. The Labute approximate surface area is 118 Å². The molecule has 0 amide bonds. The zero-order valence-corrected chi connectivity index (χ0v) is 12.0. The molecule has 0 saturated carbocycles. The highest BCUT2D eigenvalue weighted by Gasteiger charge is 2.15. The van der Waals surface area contributed by atoms with E-state index >= 15 is 0 Å². The van der Waals surface area contributed by atoms with Gasteiger partial charge in [-0.3, -0.25) is 4.72 Å². The summed E-state index contributed by atoms with van der Waals surface area (Å²) in [5.41, 5.74) is 2.19. The van der Waals surface area contributed by atoms with Gasteiger partial charge in [-0.2, -0.15) is 0 Å². The van der Waals surface area contributed by atoms with Crippen LogP contribution in [0.3, 0.4) is 0 Å². The van der Waals surface area contributed by atoms with Gasteiger partial charge in [0, 0.05) is 11.6 Å². The highest BCUT2D eigenvalue weighted by Crippen LogP contribution is 2.19. The molecule has 3 nitrogen and oxygen atoms in total. The van der Waals surface area contributed by atoms with Crippen LogP contribution in [0.1, 0.15) is 11.1 Å². The Morgan fingerprint density at radius 3 is 2.26 bits per heavy atom. The molecule has 0 aliphatic carbocycles. The van der Waals surface area contributed by atoms with E-state index in [1.165, 1.54) is 0 Å². The first kappa shape index (κ1) is 13.9. The van der Waals surface area contributed by atoms with Crippen molar-refractivity contribution in [2.24, 2.45) is 0 Å². The minimum atomic E-state index is -3.55. The lowest BCUT2D eigenvalue weighted by molar-refractivity contribution is 0.600. The van der Waals surface area contributed by atoms with Crippen LogP contribution in [0, 0.1) is 6.92 Å². The van der Waals surface area contributed by atoms with Crippen molar-refractivity contribution >= 4 is 27.3 Å². The van der Waals surface area contributed by atoms with Gasteiger partial charge in [0.05, 0.1) is 4.90 Å². The topological polar surface area (TPSA) is 46.2 Å². The van der Waals surface area contributed by atoms with Gasteiger partial charge in [-0.05, 0) is 36.2 Å². The molecular formula is C14H14ClNO2S. The van der Waals surface area contributed by atoms with E-state index < -0.39 is 10.0 Å². The molecular weight excluding hydrogens is 282 g/mol. The zero-order chi connectivity index (χ0) is 13.9. The predicted molar refractivity (Wildman–Crippen MR) is 78.0 cm³/mol. The van der Waals surface area contributed by atoms with Crippen LogP contribution in [0.5, 0.6) is 0 Å². The van der Waals surface area contributed by atoms with Gasteiger partial charge in [-0.1, -0.05) is 30.3 Å². The average molecular weight is 296 g/mol. The van der Waals surface area contributed by atoms with Gasteiger partial charge in [0.2, 0.25) is 0 Å². The molecule has 0 heterocycles. The number of aryl methyl sites for hydroxylation is 1. The molecule has 19 heavy (non-hydrogen) atoms. The quantitative estimate of drug-likeness (QED) is 0.877. The predicted octanol–water partition coefficient (Wildman–Crippen LogP) is 3.53. The van der Waals surface area contributed by atoms with Crippen molar-refractivity contribution in [1.82, 2.24) is 0 Å². The van der Waals surface area contributed by atoms with Gasteiger partial charge in [-0.15, -0.1) is 11.6 Å². The molecule has 0 fully saturated rings. The molecule has 1 N–H and O–H groups in total. The van der Waals surface area contributed by atoms with Gasteiger partial charge < -0.3 is 0 Å². The van der Waals surface area contributed by atoms with Crippen LogP contribution in [0.15, 0.2) is 53.4 Å². The lowest BCUT2D eigenvalue weighted by atomic mass is 10.2. The maximum atomic E-state index is 12.2. The Hall–Kier alpha value is -1.52. The molecule has 0 saturated heterocycles. The third kappa shape index (κ3) is 3.28. The largest absolute Gasteiger partial charge is 0.280 e. The number of rotatable bonds is 4. The molecule has 2 aromatic carbocycles. The molecule has 0 aliphatic heterocycles. The number of hydrogen-bond donors (Lipinski definition) is 1. The van der Waals surface area contributed by atoms with Gasteiger partial charge in [0.25, 0.3) is 10.0 Å². The first-order valence-corrected chi connectivity index (χ1v) is 7.78. The zero-order valence-electron chi connectivity index (χ0n) is 10.4. The van der Waals surface area contributed by atoms with Crippen LogP contribution in [0.25, 0.3) is 0 Å². The number of anilines is 1. The number of alkyl halides is 1. The number of benzene rings is 2. The SMILES string of the molecule is Cc1ccccc1S(=O)(=O)Nc1ccc(CCl)cc1. The molecule has 0 radical (unpaired) electrons. The number of nitrogens with one attached hydrogen (secondary N) is 1. The molecule has 0 bridgehead atoms. The standard InChI is InChI=1S/C14H14ClNO2S/c1-11-4-2-3-5-14(11)19(17,18)16-13-8-6-12(10-15)7-9-13/h2-9,16H,10H2,1H3. The Balaban J connectivity index is 2.28. The molecule has 100 valence electrons. The number of hydrogen-bond acceptors (Lipinski definition) is 2. The van der Waals surface area contributed by atoms with Crippen LogP contribution in [-0.4, -0.2) is 8.42 Å². The molecule has 2 rings (SSSR count). The fourth-order valence-electron chi connectivity index (χ4n) is 1.73. The molecule has 2 aromatic rings. The van der Waals surface area contributed by atoms with Crippen molar-refractivity contribution in [2.45, 2.75) is 17.7 Å². The molecule has 0 aromatic heterocycles. The summed E-state index contributed by atoms with van der Waals surface area (Å²) in [5.74, 6) is 0.408. The summed E-state index contributed by atoms with van der Waals surface area (Å²) in [7, 11) is -3.55. The van der Waals surface area contributed by atoms with Crippen molar-refractivity contribution in [3.05, 3.63) is 59.7 Å². The van der Waals surface area contributed by atoms with E-state index in [0.29, 0.717) is 17.1 Å². The van der Waals surface area contributed by atoms with E-state index in [0.717, 1.165) is 5.56 Å². The Kier molecular flexibility index (Phi) is 4.12. The van der Waals surface area contributed by atoms with E-state index in [4.69, 9.17) is 11.6 Å². The maximum absolute atomic E-state index is 12.2. The minimum absolute atomic E-state index is 0.288. The van der Waals surface area contributed by atoms with Crippen LogP contribution in [-0.2, 0) is 15.9 Å². The third-order valence-electron chi connectivity index (χ3n) is 2.74. The lowest BCUT2D eigenvalue weighted by Gasteiger charge is -2.10. The fourth-order valence-corrected chi connectivity index (χ4v) is 3.21.